The third-order valence-corrected chi connectivity index (χ3v) is 5.09. The third-order valence-electron chi connectivity index (χ3n) is 3.19. The Labute approximate surface area is 114 Å². The molecular formula is C14H19NO3S. The zero-order chi connectivity index (χ0) is 14.3. The van der Waals surface area contributed by atoms with Crippen LogP contribution >= 0.6 is 0 Å². The van der Waals surface area contributed by atoms with Gasteiger partial charge < -0.3 is 5.32 Å². The van der Waals surface area contributed by atoms with Crippen molar-refractivity contribution in [1.29, 1.82) is 0 Å². The number of anilines is 1. The van der Waals surface area contributed by atoms with Crippen LogP contribution in [0.25, 0.3) is 0 Å². The molecule has 0 saturated heterocycles. The van der Waals surface area contributed by atoms with E-state index in [4.69, 9.17) is 0 Å². The Balaban J connectivity index is 2.30. The topological polar surface area (TPSA) is 63.2 Å². The van der Waals surface area contributed by atoms with Gasteiger partial charge in [-0.05, 0) is 36.6 Å². The second-order valence-corrected chi connectivity index (χ2v) is 8.03. The zero-order valence-corrected chi connectivity index (χ0v) is 12.3. The van der Waals surface area contributed by atoms with Crippen molar-refractivity contribution >= 4 is 21.4 Å². The number of carbonyl (C=O) groups excluding carboxylic acids is 1. The van der Waals surface area contributed by atoms with Crippen LogP contribution in [0.15, 0.2) is 23.1 Å². The van der Waals surface area contributed by atoms with Gasteiger partial charge in [0, 0.05) is 11.1 Å². The van der Waals surface area contributed by atoms with Gasteiger partial charge >= 0.3 is 0 Å². The van der Waals surface area contributed by atoms with E-state index in [0.717, 1.165) is 12.0 Å². The van der Waals surface area contributed by atoms with Gasteiger partial charge in [0.2, 0.25) is 5.91 Å². The maximum Gasteiger partial charge on any atom is 0.229 e. The normalized spacial score (nSPS) is 17.6. The van der Waals surface area contributed by atoms with Crippen molar-refractivity contribution < 1.29 is 13.2 Å². The smallest absolute Gasteiger partial charge is 0.229 e. The van der Waals surface area contributed by atoms with Gasteiger partial charge in [0.25, 0.3) is 0 Å². The molecule has 4 nitrogen and oxygen atoms in total. The fourth-order valence-corrected chi connectivity index (χ4v) is 3.62. The van der Waals surface area contributed by atoms with E-state index < -0.39 is 15.3 Å². The van der Waals surface area contributed by atoms with E-state index >= 15 is 0 Å². The number of carbonyl (C=O) groups is 1. The summed E-state index contributed by atoms with van der Waals surface area (Å²) >= 11 is 0. The average molecular weight is 281 g/mol. The average Bonchev–Trinajstić information content (AvgIpc) is 2.26. The van der Waals surface area contributed by atoms with Crippen molar-refractivity contribution in [2.24, 2.45) is 5.41 Å². The third kappa shape index (κ3) is 2.97. The number of rotatable bonds is 1. The Bertz CT molecular complexity index is 612. The highest BCUT2D eigenvalue weighted by Crippen LogP contribution is 2.28. The molecule has 0 spiro atoms. The van der Waals surface area contributed by atoms with Crippen molar-refractivity contribution in [1.82, 2.24) is 0 Å². The van der Waals surface area contributed by atoms with Crippen molar-refractivity contribution in [3.63, 3.8) is 0 Å². The molecule has 1 heterocycles. The first-order valence-corrected chi connectivity index (χ1v) is 8.02. The molecule has 0 aromatic heterocycles. The van der Waals surface area contributed by atoms with Crippen molar-refractivity contribution in [3.05, 3.63) is 23.8 Å². The number of hydrogen-bond donors (Lipinski definition) is 1. The van der Waals surface area contributed by atoms with Gasteiger partial charge in [-0.2, -0.15) is 0 Å². The summed E-state index contributed by atoms with van der Waals surface area (Å²) in [4.78, 5) is 12.3. The van der Waals surface area contributed by atoms with Gasteiger partial charge in [-0.15, -0.1) is 0 Å². The van der Waals surface area contributed by atoms with Gasteiger partial charge in [-0.3, -0.25) is 4.79 Å². The molecule has 1 aromatic rings. The Morgan fingerprint density at radius 1 is 1.26 bits per heavy atom. The molecule has 0 radical (unpaired) electrons. The van der Waals surface area contributed by atoms with Gasteiger partial charge in [-0.25, -0.2) is 8.42 Å². The molecule has 0 fully saturated rings. The number of aryl methyl sites for hydroxylation is 1. The van der Waals surface area contributed by atoms with Crippen LogP contribution in [0.2, 0.25) is 0 Å². The number of sulfone groups is 1. The first-order chi connectivity index (χ1) is 8.70. The van der Waals surface area contributed by atoms with Gasteiger partial charge in [0.05, 0.1) is 10.6 Å². The Kier molecular flexibility index (Phi) is 3.43. The number of fused-ring (bicyclic) bond motifs is 1. The second-order valence-electron chi connectivity index (χ2n) is 5.95. The van der Waals surface area contributed by atoms with E-state index in [2.05, 4.69) is 5.32 Å². The maximum absolute atomic E-state index is 11.9. The van der Waals surface area contributed by atoms with Crippen molar-refractivity contribution in [3.8, 4) is 0 Å². The second kappa shape index (κ2) is 4.63. The minimum atomic E-state index is -3.13. The Morgan fingerprint density at radius 3 is 2.58 bits per heavy atom. The van der Waals surface area contributed by atoms with E-state index in [1.54, 1.807) is 18.2 Å². The fourth-order valence-electron chi connectivity index (χ4n) is 2.04. The molecule has 1 aliphatic heterocycles. The lowest BCUT2D eigenvalue weighted by atomic mass is 9.95. The lowest BCUT2D eigenvalue weighted by Crippen LogP contribution is -2.27. The highest BCUT2D eigenvalue weighted by Gasteiger charge is 2.25. The highest BCUT2D eigenvalue weighted by molar-refractivity contribution is 7.91. The minimum Gasteiger partial charge on any atom is -0.326 e. The molecular weight excluding hydrogens is 262 g/mol. The summed E-state index contributed by atoms with van der Waals surface area (Å²) in [5, 5.41) is 2.83. The van der Waals surface area contributed by atoms with Gasteiger partial charge in [-0.1, -0.05) is 20.8 Å². The van der Waals surface area contributed by atoms with E-state index in [1.165, 1.54) is 0 Å². The van der Waals surface area contributed by atoms with Crippen LogP contribution in [-0.4, -0.2) is 20.1 Å². The molecule has 0 saturated carbocycles. The van der Waals surface area contributed by atoms with Crippen LogP contribution in [0.5, 0.6) is 0 Å². The summed E-state index contributed by atoms with van der Waals surface area (Å²) in [6.45, 7) is 5.52. The molecule has 2 rings (SSSR count). The first kappa shape index (κ1) is 14.1. The monoisotopic (exact) mass is 281 g/mol. The van der Waals surface area contributed by atoms with Crippen LogP contribution in [0.3, 0.4) is 0 Å². The number of amides is 1. The minimum absolute atomic E-state index is 0.0777. The standard InChI is InChI=1S/C14H19NO3S/c1-14(2,3)13(16)15-11-6-7-12-10(9-11)5-4-8-19(12,17)18/h6-7,9H,4-5,8H2,1-3H3,(H,15,16). The highest BCUT2D eigenvalue weighted by atomic mass is 32.2. The van der Waals surface area contributed by atoms with Crippen LogP contribution < -0.4 is 5.32 Å². The van der Waals surface area contributed by atoms with Gasteiger partial charge in [0.1, 0.15) is 0 Å². The molecule has 0 atom stereocenters. The summed E-state index contributed by atoms with van der Waals surface area (Å²) in [7, 11) is -3.13. The summed E-state index contributed by atoms with van der Waals surface area (Å²) in [6.07, 6.45) is 1.39. The molecule has 1 N–H and O–H groups in total. The number of nitrogens with one attached hydrogen (secondary N) is 1. The Morgan fingerprint density at radius 2 is 1.95 bits per heavy atom. The van der Waals surface area contributed by atoms with Crippen LogP contribution in [-0.2, 0) is 21.1 Å². The lowest BCUT2D eigenvalue weighted by Gasteiger charge is -2.20. The van der Waals surface area contributed by atoms with Crippen LogP contribution in [0.4, 0.5) is 5.69 Å². The Hall–Kier alpha value is -1.36. The summed E-state index contributed by atoms with van der Waals surface area (Å²) in [6, 6.07) is 5.03. The molecule has 1 aliphatic rings. The first-order valence-electron chi connectivity index (χ1n) is 6.37. The number of hydrogen-bond acceptors (Lipinski definition) is 3. The van der Waals surface area contributed by atoms with E-state index in [0.29, 0.717) is 17.0 Å². The zero-order valence-electron chi connectivity index (χ0n) is 11.5. The predicted molar refractivity (Wildman–Crippen MR) is 74.9 cm³/mol. The number of benzene rings is 1. The predicted octanol–water partition coefficient (Wildman–Crippen LogP) is 2.39. The van der Waals surface area contributed by atoms with E-state index in [-0.39, 0.29) is 11.7 Å². The summed E-state index contributed by atoms with van der Waals surface area (Å²) in [5.41, 5.74) is 0.996. The largest absolute Gasteiger partial charge is 0.326 e. The molecule has 104 valence electrons. The van der Waals surface area contributed by atoms with Crippen molar-refractivity contribution in [2.45, 2.75) is 38.5 Å². The molecule has 19 heavy (non-hydrogen) atoms. The summed E-state index contributed by atoms with van der Waals surface area (Å²) in [5.74, 6) is 0.138. The molecule has 5 heteroatoms. The maximum atomic E-state index is 11.9. The van der Waals surface area contributed by atoms with E-state index in [9.17, 15) is 13.2 Å². The van der Waals surface area contributed by atoms with Crippen LogP contribution in [0, 0.1) is 5.41 Å². The lowest BCUT2D eigenvalue weighted by molar-refractivity contribution is -0.123. The SMILES string of the molecule is CC(C)(C)C(=O)Nc1ccc2c(c1)CCCS2(=O)=O. The van der Waals surface area contributed by atoms with Gasteiger partial charge in [0.15, 0.2) is 9.84 Å². The van der Waals surface area contributed by atoms with Crippen LogP contribution in [0.1, 0.15) is 32.8 Å². The molecule has 1 amide bonds. The molecule has 0 bridgehead atoms. The molecule has 0 aliphatic carbocycles. The fraction of sp³-hybridized carbons (Fsp3) is 0.500. The molecule has 1 aromatic carbocycles. The summed E-state index contributed by atoms with van der Waals surface area (Å²) < 4.78 is 23.8. The molecule has 0 unspecified atom stereocenters. The van der Waals surface area contributed by atoms with E-state index in [1.807, 2.05) is 20.8 Å². The quantitative estimate of drug-likeness (QED) is 0.859. The van der Waals surface area contributed by atoms with Crippen molar-refractivity contribution in [2.75, 3.05) is 11.1 Å².